The molecule has 0 heterocycles. The molecule has 0 spiro atoms. The van der Waals surface area contributed by atoms with Crippen LogP contribution in [0, 0.1) is 0 Å². The molecule has 0 radical (unpaired) electrons. The highest BCUT2D eigenvalue weighted by molar-refractivity contribution is 7.92. The van der Waals surface area contributed by atoms with Gasteiger partial charge in [0.1, 0.15) is 0 Å². The third kappa shape index (κ3) is 5.65. The first-order valence-corrected chi connectivity index (χ1v) is 3.86. The van der Waals surface area contributed by atoms with Crippen molar-refractivity contribution in [3.63, 3.8) is 0 Å². The van der Waals surface area contributed by atoms with Crippen LogP contribution in [-0.2, 0) is 10.0 Å². The summed E-state index contributed by atoms with van der Waals surface area (Å²) >= 11 is 0. The minimum Gasteiger partial charge on any atom is -0.225 e. The maximum atomic E-state index is 10.1. The molecule has 0 aromatic carbocycles. The van der Waals surface area contributed by atoms with Crippen LogP contribution < -0.4 is 5.14 Å². The number of sulfonamides is 1. The van der Waals surface area contributed by atoms with Gasteiger partial charge in [0.15, 0.2) is 0 Å². The SMILES string of the molecule is CC/C=C\S(N)(=O)=O. The molecule has 0 unspecified atom stereocenters. The van der Waals surface area contributed by atoms with E-state index in [9.17, 15) is 8.42 Å². The molecule has 0 aliphatic rings. The Labute approximate surface area is 49.2 Å². The van der Waals surface area contributed by atoms with Crippen LogP contribution in [0.3, 0.4) is 0 Å². The molecule has 2 N–H and O–H groups in total. The molecule has 48 valence electrons. The second-order valence-electron chi connectivity index (χ2n) is 1.37. The summed E-state index contributed by atoms with van der Waals surface area (Å²) in [4.78, 5) is 0. The Morgan fingerprint density at radius 1 is 1.62 bits per heavy atom. The molecule has 0 aliphatic heterocycles. The predicted octanol–water partition coefficient (Wildman–Crippen LogP) is 0.199. The normalized spacial score (nSPS) is 12.8. The summed E-state index contributed by atoms with van der Waals surface area (Å²) in [5.74, 6) is 0. The lowest BCUT2D eigenvalue weighted by molar-refractivity contribution is 0.606. The van der Waals surface area contributed by atoms with Crippen molar-refractivity contribution in [2.45, 2.75) is 13.3 Å². The standard InChI is InChI=1S/C4H9NO2S/c1-2-3-4-8(5,6)7/h3-4H,2H2,1H3,(H2,5,6,7)/b4-3-. The molecule has 3 nitrogen and oxygen atoms in total. The van der Waals surface area contributed by atoms with E-state index in [-0.39, 0.29) is 0 Å². The lowest BCUT2D eigenvalue weighted by Gasteiger charge is -1.80. The maximum absolute atomic E-state index is 10.1. The van der Waals surface area contributed by atoms with E-state index >= 15 is 0 Å². The Bertz CT molecular complexity index is 168. The first-order valence-electron chi connectivity index (χ1n) is 2.25. The average Bonchev–Trinajstić information content (AvgIpc) is 1.59. The molecule has 4 heteroatoms. The van der Waals surface area contributed by atoms with E-state index in [0.717, 1.165) is 5.41 Å². The van der Waals surface area contributed by atoms with E-state index < -0.39 is 10.0 Å². The van der Waals surface area contributed by atoms with Crippen molar-refractivity contribution in [3.05, 3.63) is 11.5 Å². The molecule has 0 rings (SSSR count). The van der Waals surface area contributed by atoms with Crippen LogP contribution in [0.1, 0.15) is 13.3 Å². The third-order valence-electron chi connectivity index (χ3n) is 0.522. The fraction of sp³-hybridized carbons (Fsp3) is 0.500. The fourth-order valence-electron chi connectivity index (χ4n) is 0.230. The predicted molar refractivity (Wildman–Crippen MR) is 32.5 cm³/mol. The molecule has 0 saturated heterocycles. The van der Waals surface area contributed by atoms with Gasteiger partial charge in [0.05, 0.1) is 0 Å². The molecule has 0 bridgehead atoms. The zero-order chi connectivity index (χ0) is 6.62. The molecule has 0 atom stereocenters. The summed E-state index contributed by atoms with van der Waals surface area (Å²) in [6.07, 6.45) is 2.19. The Morgan fingerprint density at radius 2 is 2.12 bits per heavy atom. The minimum atomic E-state index is -3.37. The van der Waals surface area contributed by atoms with Gasteiger partial charge < -0.3 is 0 Å². The quantitative estimate of drug-likeness (QED) is 0.588. The molecule has 0 aromatic rings. The lowest BCUT2D eigenvalue weighted by atomic mass is 10.5. The Balaban J connectivity index is 3.92. The number of primary sulfonamides is 1. The molecular weight excluding hydrogens is 126 g/mol. The van der Waals surface area contributed by atoms with Crippen LogP contribution in [-0.4, -0.2) is 8.42 Å². The van der Waals surface area contributed by atoms with E-state index in [4.69, 9.17) is 0 Å². The Hall–Kier alpha value is -0.350. The minimum absolute atomic E-state index is 0.691. The van der Waals surface area contributed by atoms with Crippen LogP contribution in [0.25, 0.3) is 0 Å². The highest BCUT2D eigenvalue weighted by Gasteiger charge is 1.88. The van der Waals surface area contributed by atoms with Gasteiger partial charge in [-0.1, -0.05) is 13.0 Å². The molecule has 0 saturated carbocycles. The van der Waals surface area contributed by atoms with Crippen LogP contribution >= 0.6 is 0 Å². The summed E-state index contributed by atoms with van der Waals surface area (Å²) in [5.41, 5.74) is 0. The molecule has 0 aromatic heterocycles. The highest BCUT2D eigenvalue weighted by Crippen LogP contribution is 1.83. The molecular formula is C4H9NO2S. The summed E-state index contributed by atoms with van der Waals surface area (Å²) in [6.45, 7) is 1.84. The second kappa shape index (κ2) is 2.84. The van der Waals surface area contributed by atoms with E-state index in [1.165, 1.54) is 6.08 Å². The van der Waals surface area contributed by atoms with Crippen molar-refractivity contribution in [3.8, 4) is 0 Å². The Kier molecular flexibility index (Phi) is 2.71. The first kappa shape index (κ1) is 7.65. The van der Waals surface area contributed by atoms with Gasteiger partial charge in [0.25, 0.3) is 0 Å². The van der Waals surface area contributed by atoms with Gasteiger partial charge in [-0.2, -0.15) is 0 Å². The smallest absolute Gasteiger partial charge is 0.225 e. The van der Waals surface area contributed by atoms with Gasteiger partial charge in [-0.15, -0.1) is 0 Å². The third-order valence-corrected chi connectivity index (χ3v) is 1.09. The lowest BCUT2D eigenvalue weighted by Crippen LogP contribution is -2.06. The van der Waals surface area contributed by atoms with Crippen molar-refractivity contribution >= 4 is 10.0 Å². The van der Waals surface area contributed by atoms with E-state index in [1.54, 1.807) is 0 Å². The fourth-order valence-corrected chi connectivity index (χ4v) is 0.691. The van der Waals surface area contributed by atoms with Crippen molar-refractivity contribution in [1.82, 2.24) is 0 Å². The number of hydrogen-bond donors (Lipinski definition) is 1. The van der Waals surface area contributed by atoms with Crippen molar-refractivity contribution in [2.24, 2.45) is 5.14 Å². The van der Waals surface area contributed by atoms with Crippen LogP contribution in [0.2, 0.25) is 0 Å². The molecule has 0 aliphatic carbocycles. The maximum Gasteiger partial charge on any atom is 0.230 e. The van der Waals surface area contributed by atoms with Gasteiger partial charge >= 0.3 is 0 Å². The van der Waals surface area contributed by atoms with Gasteiger partial charge in [-0.3, -0.25) is 0 Å². The number of nitrogens with two attached hydrogens (primary N) is 1. The number of rotatable bonds is 2. The second-order valence-corrected chi connectivity index (χ2v) is 2.82. The Morgan fingerprint density at radius 3 is 2.25 bits per heavy atom. The van der Waals surface area contributed by atoms with Gasteiger partial charge in [-0.05, 0) is 6.42 Å². The van der Waals surface area contributed by atoms with E-state index in [0.29, 0.717) is 6.42 Å². The van der Waals surface area contributed by atoms with Crippen LogP contribution in [0.4, 0.5) is 0 Å². The number of hydrogen-bond acceptors (Lipinski definition) is 2. The average molecular weight is 135 g/mol. The molecule has 0 fully saturated rings. The highest BCUT2D eigenvalue weighted by atomic mass is 32.2. The van der Waals surface area contributed by atoms with Crippen molar-refractivity contribution in [2.75, 3.05) is 0 Å². The molecule has 0 amide bonds. The first-order chi connectivity index (χ1) is 3.56. The van der Waals surface area contributed by atoms with Gasteiger partial charge in [0, 0.05) is 5.41 Å². The zero-order valence-electron chi connectivity index (χ0n) is 4.66. The van der Waals surface area contributed by atoms with Crippen molar-refractivity contribution in [1.29, 1.82) is 0 Å². The van der Waals surface area contributed by atoms with Crippen LogP contribution in [0.5, 0.6) is 0 Å². The van der Waals surface area contributed by atoms with Crippen LogP contribution in [0.15, 0.2) is 11.5 Å². The number of allylic oxidation sites excluding steroid dienone is 1. The molecule has 8 heavy (non-hydrogen) atoms. The summed E-state index contributed by atoms with van der Waals surface area (Å²) in [5, 5.41) is 5.60. The summed E-state index contributed by atoms with van der Waals surface area (Å²) in [6, 6.07) is 0. The largest absolute Gasteiger partial charge is 0.230 e. The topological polar surface area (TPSA) is 60.2 Å². The summed E-state index contributed by atoms with van der Waals surface area (Å²) in [7, 11) is -3.37. The zero-order valence-corrected chi connectivity index (χ0v) is 5.48. The van der Waals surface area contributed by atoms with E-state index in [2.05, 4.69) is 5.14 Å². The monoisotopic (exact) mass is 135 g/mol. The summed E-state index contributed by atoms with van der Waals surface area (Å²) < 4.78 is 20.2. The van der Waals surface area contributed by atoms with E-state index in [1.807, 2.05) is 6.92 Å². The van der Waals surface area contributed by atoms with Gasteiger partial charge in [0.2, 0.25) is 10.0 Å². The van der Waals surface area contributed by atoms with Gasteiger partial charge in [-0.25, -0.2) is 13.6 Å². The van der Waals surface area contributed by atoms with Crippen molar-refractivity contribution < 1.29 is 8.42 Å².